The molecule has 0 spiro atoms. The second kappa shape index (κ2) is 8.17. The first-order chi connectivity index (χ1) is 11.8. The predicted molar refractivity (Wildman–Crippen MR) is 93.9 cm³/mol. The molecule has 2 aromatic heterocycles. The minimum absolute atomic E-state index is 0.167. The van der Waals surface area contributed by atoms with E-state index in [4.69, 9.17) is 4.74 Å². The lowest BCUT2D eigenvalue weighted by molar-refractivity contribution is -0.0372. The van der Waals surface area contributed by atoms with Gasteiger partial charge in [-0.1, -0.05) is 6.07 Å². The summed E-state index contributed by atoms with van der Waals surface area (Å²) in [6.45, 7) is 8.69. The SMILES string of the molecule is CCN(C[C@H]1CN([C@@H](C)c2cccnc2)CCO1)c1cccnn1. The van der Waals surface area contributed by atoms with Crippen LogP contribution in [0.2, 0.25) is 0 Å². The summed E-state index contributed by atoms with van der Waals surface area (Å²) >= 11 is 0. The molecule has 0 radical (unpaired) electrons. The molecule has 1 saturated heterocycles. The Bertz CT molecular complexity index is 609. The Labute approximate surface area is 143 Å². The molecule has 0 bridgehead atoms. The molecule has 0 aromatic carbocycles. The van der Waals surface area contributed by atoms with Crippen LogP contribution < -0.4 is 4.90 Å². The molecular weight excluding hydrogens is 302 g/mol. The Balaban J connectivity index is 1.63. The predicted octanol–water partition coefficient (Wildman–Crippen LogP) is 2.16. The van der Waals surface area contributed by atoms with Gasteiger partial charge >= 0.3 is 0 Å². The Hall–Kier alpha value is -2.05. The van der Waals surface area contributed by atoms with E-state index < -0.39 is 0 Å². The third-order valence-electron chi connectivity index (χ3n) is 4.57. The summed E-state index contributed by atoms with van der Waals surface area (Å²) in [6.07, 6.45) is 5.64. The van der Waals surface area contributed by atoms with Gasteiger partial charge in [0.05, 0.1) is 12.7 Å². The molecule has 6 heteroatoms. The number of morpholine rings is 1. The van der Waals surface area contributed by atoms with Gasteiger partial charge in [0.25, 0.3) is 0 Å². The average Bonchev–Trinajstić information content (AvgIpc) is 2.67. The molecule has 3 heterocycles. The molecule has 1 fully saturated rings. The monoisotopic (exact) mass is 327 g/mol. The van der Waals surface area contributed by atoms with Crippen molar-refractivity contribution >= 4 is 5.82 Å². The molecule has 24 heavy (non-hydrogen) atoms. The van der Waals surface area contributed by atoms with Gasteiger partial charge in [0.1, 0.15) is 0 Å². The van der Waals surface area contributed by atoms with E-state index in [0.29, 0.717) is 6.04 Å². The molecule has 1 aliphatic heterocycles. The van der Waals surface area contributed by atoms with Crippen molar-refractivity contribution < 1.29 is 4.74 Å². The molecule has 1 aliphatic rings. The van der Waals surface area contributed by atoms with Crippen molar-refractivity contribution in [3.8, 4) is 0 Å². The zero-order chi connectivity index (χ0) is 16.8. The smallest absolute Gasteiger partial charge is 0.151 e. The second-order valence-electron chi connectivity index (χ2n) is 6.07. The van der Waals surface area contributed by atoms with Gasteiger partial charge in [-0.3, -0.25) is 9.88 Å². The lowest BCUT2D eigenvalue weighted by Crippen LogP contribution is -2.48. The molecule has 0 unspecified atom stereocenters. The summed E-state index contributed by atoms with van der Waals surface area (Å²) in [7, 11) is 0. The van der Waals surface area contributed by atoms with Gasteiger partial charge in [-0.05, 0) is 37.6 Å². The van der Waals surface area contributed by atoms with E-state index in [1.54, 1.807) is 6.20 Å². The topological polar surface area (TPSA) is 54.4 Å². The van der Waals surface area contributed by atoms with Crippen LogP contribution in [0.3, 0.4) is 0 Å². The minimum Gasteiger partial charge on any atom is -0.374 e. The fraction of sp³-hybridized carbons (Fsp3) is 0.500. The molecule has 2 atom stereocenters. The van der Waals surface area contributed by atoms with Crippen molar-refractivity contribution in [3.63, 3.8) is 0 Å². The van der Waals surface area contributed by atoms with E-state index in [1.807, 2.05) is 30.6 Å². The molecule has 3 rings (SSSR count). The normalized spacial score (nSPS) is 19.8. The Morgan fingerprint density at radius 2 is 2.21 bits per heavy atom. The molecule has 6 nitrogen and oxygen atoms in total. The number of likely N-dealkylation sites (N-methyl/N-ethyl adjacent to an activating group) is 1. The van der Waals surface area contributed by atoms with E-state index in [-0.39, 0.29) is 6.10 Å². The maximum atomic E-state index is 6.00. The molecule has 0 amide bonds. The van der Waals surface area contributed by atoms with Crippen molar-refractivity contribution in [2.45, 2.75) is 26.0 Å². The number of nitrogens with zero attached hydrogens (tertiary/aromatic N) is 5. The van der Waals surface area contributed by atoms with Crippen LogP contribution in [0.1, 0.15) is 25.5 Å². The maximum absolute atomic E-state index is 6.00. The van der Waals surface area contributed by atoms with Crippen molar-refractivity contribution in [1.82, 2.24) is 20.1 Å². The number of hydrogen-bond donors (Lipinski definition) is 0. The van der Waals surface area contributed by atoms with Crippen LogP contribution in [0.25, 0.3) is 0 Å². The van der Waals surface area contributed by atoms with Gasteiger partial charge in [-0.25, -0.2) is 0 Å². The van der Waals surface area contributed by atoms with Gasteiger partial charge in [0.2, 0.25) is 0 Å². The standard InChI is InChI=1S/C18H25N5O/c1-3-22(18-7-5-9-20-21-18)13-17-14-23(10-11-24-17)15(2)16-6-4-8-19-12-16/h4-9,12,15,17H,3,10-11,13-14H2,1-2H3/t15-,17-/m0/s1. The molecular formula is C18H25N5O. The Morgan fingerprint density at radius 3 is 2.92 bits per heavy atom. The maximum Gasteiger partial charge on any atom is 0.151 e. The number of pyridine rings is 1. The van der Waals surface area contributed by atoms with Crippen LogP contribution >= 0.6 is 0 Å². The first-order valence-electron chi connectivity index (χ1n) is 8.56. The van der Waals surface area contributed by atoms with Crippen molar-refractivity contribution in [1.29, 1.82) is 0 Å². The molecule has 0 N–H and O–H groups in total. The second-order valence-corrected chi connectivity index (χ2v) is 6.07. The number of anilines is 1. The van der Waals surface area contributed by atoms with Crippen LogP contribution in [0.5, 0.6) is 0 Å². The summed E-state index contributed by atoms with van der Waals surface area (Å²) in [5, 5.41) is 8.20. The first kappa shape index (κ1) is 16.8. The van der Waals surface area contributed by atoms with Crippen LogP contribution in [0.15, 0.2) is 42.9 Å². The summed E-state index contributed by atoms with van der Waals surface area (Å²) < 4.78 is 6.00. The van der Waals surface area contributed by atoms with Gasteiger partial charge in [-0.15, -0.1) is 5.10 Å². The fourth-order valence-corrected chi connectivity index (χ4v) is 3.13. The third kappa shape index (κ3) is 4.07. The van der Waals surface area contributed by atoms with E-state index >= 15 is 0 Å². The number of rotatable bonds is 6. The quantitative estimate of drug-likeness (QED) is 0.810. The molecule has 0 saturated carbocycles. The highest BCUT2D eigenvalue weighted by Gasteiger charge is 2.26. The van der Waals surface area contributed by atoms with Crippen molar-refractivity contribution in [2.24, 2.45) is 0 Å². The minimum atomic E-state index is 0.167. The van der Waals surface area contributed by atoms with Crippen LogP contribution in [0, 0.1) is 0 Å². The lowest BCUT2D eigenvalue weighted by atomic mass is 10.1. The highest BCUT2D eigenvalue weighted by Crippen LogP contribution is 2.22. The summed E-state index contributed by atoms with van der Waals surface area (Å²) in [5.74, 6) is 0.904. The van der Waals surface area contributed by atoms with Crippen LogP contribution in [-0.2, 0) is 4.74 Å². The van der Waals surface area contributed by atoms with E-state index in [9.17, 15) is 0 Å². The summed E-state index contributed by atoms with van der Waals surface area (Å²) in [4.78, 5) is 8.93. The van der Waals surface area contributed by atoms with Gasteiger partial charge in [0, 0.05) is 50.8 Å². The Morgan fingerprint density at radius 1 is 1.33 bits per heavy atom. The van der Waals surface area contributed by atoms with Gasteiger partial charge in [0.15, 0.2) is 5.82 Å². The van der Waals surface area contributed by atoms with Gasteiger partial charge < -0.3 is 9.64 Å². The molecule has 2 aromatic rings. The van der Waals surface area contributed by atoms with Crippen molar-refractivity contribution in [3.05, 3.63) is 48.4 Å². The number of hydrogen-bond acceptors (Lipinski definition) is 6. The fourth-order valence-electron chi connectivity index (χ4n) is 3.13. The summed E-state index contributed by atoms with van der Waals surface area (Å²) in [6, 6.07) is 8.40. The zero-order valence-electron chi connectivity index (χ0n) is 14.4. The summed E-state index contributed by atoms with van der Waals surface area (Å²) in [5.41, 5.74) is 1.25. The molecule has 128 valence electrons. The average molecular weight is 327 g/mol. The number of aromatic nitrogens is 3. The Kier molecular flexibility index (Phi) is 5.72. The largest absolute Gasteiger partial charge is 0.374 e. The first-order valence-corrected chi connectivity index (χ1v) is 8.56. The van der Waals surface area contributed by atoms with Crippen LogP contribution in [0.4, 0.5) is 5.82 Å². The highest BCUT2D eigenvalue weighted by atomic mass is 16.5. The lowest BCUT2D eigenvalue weighted by Gasteiger charge is -2.38. The zero-order valence-corrected chi connectivity index (χ0v) is 14.4. The highest BCUT2D eigenvalue weighted by molar-refractivity contribution is 5.36. The van der Waals surface area contributed by atoms with E-state index in [2.05, 4.69) is 44.9 Å². The van der Waals surface area contributed by atoms with Gasteiger partial charge in [-0.2, -0.15) is 5.10 Å². The third-order valence-corrected chi connectivity index (χ3v) is 4.57. The number of ether oxygens (including phenoxy) is 1. The van der Waals surface area contributed by atoms with Crippen LogP contribution in [-0.4, -0.2) is 59.0 Å². The van der Waals surface area contributed by atoms with E-state index in [1.165, 1.54) is 5.56 Å². The van der Waals surface area contributed by atoms with Crippen molar-refractivity contribution in [2.75, 3.05) is 37.7 Å². The van der Waals surface area contributed by atoms with E-state index in [0.717, 1.165) is 38.6 Å². The molecule has 0 aliphatic carbocycles.